The second-order valence-corrected chi connectivity index (χ2v) is 8.55. The molecule has 2 N–H and O–H groups in total. The van der Waals surface area contributed by atoms with Gasteiger partial charge in [-0.3, -0.25) is 14.5 Å². The largest absolute Gasteiger partial charge is 0.508 e. The van der Waals surface area contributed by atoms with Crippen molar-refractivity contribution in [3.63, 3.8) is 0 Å². The summed E-state index contributed by atoms with van der Waals surface area (Å²) in [6, 6.07) is 15.9. The van der Waals surface area contributed by atoms with Gasteiger partial charge in [-0.1, -0.05) is 12.1 Å². The van der Waals surface area contributed by atoms with Crippen molar-refractivity contribution in [1.82, 2.24) is 0 Å². The summed E-state index contributed by atoms with van der Waals surface area (Å²) in [6.45, 7) is 6.26. The molecule has 202 valence electrons. The molecule has 3 aromatic carbocycles. The Balaban J connectivity index is 1.88. The molecule has 1 aliphatic rings. The number of benzene rings is 3. The van der Waals surface area contributed by atoms with Gasteiger partial charge in [0.15, 0.2) is 0 Å². The van der Waals surface area contributed by atoms with Gasteiger partial charge < -0.3 is 24.4 Å². The Morgan fingerprint density at radius 2 is 1.54 bits per heavy atom. The quantitative estimate of drug-likeness (QED) is 0.171. The number of carbonyl (C=O) groups excluding carboxylic acids is 3. The summed E-state index contributed by atoms with van der Waals surface area (Å²) in [6.07, 6.45) is 0. The van der Waals surface area contributed by atoms with E-state index in [0.717, 1.165) is 0 Å². The van der Waals surface area contributed by atoms with Crippen LogP contribution in [-0.4, -0.2) is 47.7 Å². The van der Waals surface area contributed by atoms with E-state index in [2.05, 4.69) is 0 Å². The molecule has 1 unspecified atom stereocenters. The van der Waals surface area contributed by atoms with Gasteiger partial charge in [0.2, 0.25) is 0 Å². The molecular formula is C30H29NO8. The number of nitrogens with zero attached hydrogens (tertiary/aromatic N) is 1. The van der Waals surface area contributed by atoms with E-state index < -0.39 is 29.5 Å². The number of aliphatic hydroxyl groups excluding tert-OH is 1. The summed E-state index contributed by atoms with van der Waals surface area (Å²) in [5.41, 5.74) is 1.17. The standard InChI is InChI=1S/C30H29NO8/c1-4-37-22-15-16-23(24(17-22)38-5-2)27(33)25-26(18-9-13-21(32)14-10-18)31(29(35)28(25)34)20-11-7-19(8-12-20)30(36)39-6-3/h7-17,26,32-33H,4-6H2,1-3H3/b27-25-. The molecular weight excluding hydrogens is 502 g/mol. The van der Waals surface area contributed by atoms with Crippen LogP contribution in [0.4, 0.5) is 5.69 Å². The minimum absolute atomic E-state index is 0.000337. The van der Waals surface area contributed by atoms with Crippen molar-refractivity contribution >= 4 is 29.1 Å². The number of aromatic hydroxyl groups is 1. The molecule has 4 rings (SSSR count). The number of anilines is 1. The predicted octanol–water partition coefficient (Wildman–Crippen LogP) is 4.99. The number of esters is 1. The van der Waals surface area contributed by atoms with Crippen LogP contribution in [0.5, 0.6) is 17.2 Å². The number of carbonyl (C=O) groups is 3. The lowest BCUT2D eigenvalue weighted by molar-refractivity contribution is -0.132. The van der Waals surface area contributed by atoms with Crippen molar-refractivity contribution in [2.75, 3.05) is 24.7 Å². The summed E-state index contributed by atoms with van der Waals surface area (Å²) in [7, 11) is 0. The molecule has 1 atom stereocenters. The van der Waals surface area contributed by atoms with Gasteiger partial charge in [-0.05, 0) is 74.9 Å². The van der Waals surface area contributed by atoms with Crippen molar-refractivity contribution in [3.05, 3.63) is 89.0 Å². The SMILES string of the molecule is CCOC(=O)c1ccc(N2C(=O)C(=O)/C(=C(\O)c3ccc(OCC)cc3OCC)C2c2ccc(O)cc2)cc1. The van der Waals surface area contributed by atoms with E-state index in [-0.39, 0.29) is 34.8 Å². The van der Waals surface area contributed by atoms with Gasteiger partial charge in [-0.15, -0.1) is 0 Å². The summed E-state index contributed by atoms with van der Waals surface area (Å²) < 4.78 is 16.3. The predicted molar refractivity (Wildman–Crippen MR) is 144 cm³/mol. The first-order valence-corrected chi connectivity index (χ1v) is 12.6. The van der Waals surface area contributed by atoms with Crippen LogP contribution in [0.3, 0.4) is 0 Å². The lowest BCUT2D eigenvalue weighted by atomic mass is 9.94. The zero-order chi connectivity index (χ0) is 28.1. The van der Waals surface area contributed by atoms with Crippen LogP contribution < -0.4 is 14.4 Å². The van der Waals surface area contributed by atoms with Crippen molar-refractivity contribution < 1.29 is 38.8 Å². The minimum atomic E-state index is -1.03. The Bertz CT molecular complexity index is 1410. The third-order valence-electron chi connectivity index (χ3n) is 6.13. The number of ketones is 1. The van der Waals surface area contributed by atoms with Crippen LogP contribution in [0.1, 0.15) is 48.3 Å². The Hall–Kier alpha value is -4.79. The fourth-order valence-corrected chi connectivity index (χ4v) is 4.42. The van der Waals surface area contributed by atoms with Crippen molar-refractivity contribution in [2.45, 2.75) is 26.8 Å². The number of amides is 1. The normalized spacial score (nSPS) is 16.3. The van der Waals surface area contributed by atoms with Crippen LogP contribution in [0.15, 0.2) is 72.3 Å². The van der Waals surface area contributed by atoms with Gasteiger partial charge in [-0.2, -0.15) is 0 Å². The topological polar surface area (TPSA) is 123 Å². The zero-order valence-corrected chi connectivity index (χ0v) is 21.8. The number of phenols is 1. The summed E-state index contributed by atoms with van der Waals surface area (Å²) >= 11 is 0. The molecule has 1 heterocycles. The third-order valence-corrected chi connectivity index (χ3v) is 6.13. The molecule has 0 saturated carbocycles. The molecule has 0 bridgehead atoms. The van der Waals surface area contributed by atoms with E-state index in [1.54, 1.807) is 44.2 Å². The highest BCUT2D eigenvalue weighted by Gasteiger charge is 2.47. The fourth-order valence-electron chi connectivity index (χ4n) is 4.42. The Morgan fingerprint density at radius 3 is 2.15 bits per heavy atom. The smallest absolute Gasteiger partial charge is 0.338 e. The van der Waals surface area contributed by atoms with E-state index in [4.69, 9.17) is 14.2 Å². The fraction of sp³-hybridized carbons (Fsp3) is 0.233. The number of phenolic OH excluding ortho intramolecular Hbond substituents is 1. The Labute approximate surface area is 225 Å². The minimum Gasteiger partial charge on any atom is -0.508 e. The van der Waals surface area contributed by atoms with Crippen LogP contribution in [0.25, 0.3) is 5.76 Å². The van der Waals surface area contributed by atoms with Crippen LogP contribution >= 0.6 is 0 Å². The molecule has 0 aliphatic carbocycles. The lowest BCUT2D eigenvalue weighted by Crippen LogP contribution is -2.29. The van der Waals surface area contributed by atoms with E-state index in [0.29, 0.717) is 30.2 Å². The average molecular weight is 532 g/mol. The molecule has 3 aromatic rings. The van der Waals surface area contributed by atoms with Gasteiger partial charge in [0.1, 0.15) is 23.0 Å². The van der Waals surface area contributed by atoms with Gasteiger partial charge in [0.05, 0.1) is 42.6 Å². The molecule has 9 nitrogen and oxygen atoms in total. The highest BCUT2D eigenvalue weighted by atomic mass is 16.5. The molecule has 39 heavy (non-hydrogen) atoms. The second kappa shape index (κ2) is 11.7. The number of hydrogen-bond donors (Lipinski definition) is 2. The van der Waals surface area contributed by atoms with Crippen LogP contribution in [0.2, 0.25) is 0 Å². The Kier molecular flexibility index (Phi) is 8.19. The van der Waals surface area contributed by atoms with Crippen molar-refractivity contribution in [3.8, 4) is 17.2 Å². The van der Waals surface area contributed by atoms with Gasteiger partial charge in [0.25, 0.3) is 11.7 Å². The molecule has 0 aromatic heterocycles. The van der Waals surface area contributed by atoms with Gasteiger partial charge in [-0.25, -0.2) is 4.79 Å². The molecule has 1 aliphatic heterocycles. The maximum absolute atomic E-state index is 13.5. The average Bonchev–Trinajstić information content (AvgIpc) is 3.19. The second-order valence-electron chi connectivity index (χ2n) is 8.55. The maximum atomic E-state index is 13.5. The molecule has 1 saturated heterocycles. The van der Waals surface area contributed by atoms with Gasteiger partial charge in [0, 0.05) is 11.8 Å². The third kappa shape index (κ3) is 5.43. The first-order valence-electron chi connectivity index (χ1n) is 12.6. The monoisotopic (exact) mass is 531 g/mol. The van der Waals surface area contributed by atoms with E-state index in [1.165, 1.54) is 41.3 Å². The molecule has 0 spiro atoms. The molecule has 1 fully saturated rings. The Morgan fingerprint density at radius 1 is 0.872 bits per heavy atom. The number of rotatable bonds is 9. The van der Waals surface area contributed by atoms with E-state index in [9.17, 15) is 24.6 Å². The molecule has 0 radical (unpaired) electrons. The van der Waals surface area contributed by atoms with Gasteiger partial charge >= 0.3 is 5.97 Å². The van der Waals surface area contributed by atoms with Crippen molar-refractivity contribution in [1.29, 1.82) is 0 Å². The summed E-state index contributed by atoms with van der Waals surface area (Å²) in [5, 5.41) is 21.4. The lowest BCUT2D eigenvalue weighted by Gasteiger charge is -2.26. The first kappa shape index (κ1) is 27.3. The molecule has 9 heteroatoms. The number of hydrogen-bond acceptors (Lipinski definition) is 8. The zero-order valence-electron chi connectivity index (χ0n) is 21.8. The number of aliphatic hydroxyl groups is 1. The highest BCUT2D eigenvalue weighted by Crippen LogP contribution is 2.44. The van der Waals surface area contributed by atoms with Crippen LogP contribution in [-0.2, 0) is 14.3 Å². The molecule has 1 amide bonds. The summed E-state index contributed by atoms with van der Waals surface area (Å²) in [5.74, 6) is -1.87. The van der Waals surface area contributed by atoms with E-state index in [1.807, 2.05) is 6.92 Å². The van der Waals surface area contributed by atoms with Crippen molar-refractivity contribution in [2.24, 2.45) is 0 Å². The highest BCUT2D eigenvalue weighted by molar-refractivity contribution is 6.51. The maximum Gasteiger partial charge on any atom is 0.338 e. The summed E-state index contributed by atoms with van der Waals surface area (Å²) in [4.78, 5) is 40.2. The van der Waals surface area contributed by atoms with E-state index >= 15 is 0 Å². The number of Topliss-reactive ketones (excluding diaryl/α,β-unsaturated/α-hetero) is 1. The first-order chi connectivity index (χ1) is 18.8. The number of ether oxygens (including phenoxy) is 3. The van der Waals surface area contributed by atoms with Crippen LogP contribution in [0, 0.1) is 0 Å².